The molecule has 5 aromatic rings. The lowest BCUT2D eigenvalue weighted by Crippen LogP contribution is -2.39. The summed E-state index contributed by atoms with van der Waals surface area (Å²) < 4.78 is 15.1. The van der Waals surface area contributed by atoms with Crippen molar-refractivity contribution in [2.24, 2.45) is 0 Å². The largest absolute Gasteiger partial charge is 0.348 e. The topological polar surface area (TPSA) is 113 Å². The molecule has 1 heterocycles. The van der Waals surface area contributed by atoms with Crippen LogP contribution >= 0.6 is 11.6 Å². The molecule has 2 amide bonds. The normalized spacial score (nSPS) is 11.7. The lowest BCUT2D eigenvalue weighted by atomic mass is 10.0. The third-order valence-electron chi connectivity index (χ3n) is 6.63. The highest BCUT2D eigenvalue weighted by molar-refractivity contribution is 6.31. The lowest BCUT2D eigenvalue weighted by molar-refractivity contribution is -0.116. The fraction of sp³-hybridized carbons (Fsp3) is 0.0968. The van der Waals surface area contributed by atoms with Crippen LogP contribution in [0.2, 0.25) is 5.02 Å². The van der Waals surface area contributed by atoms with E-state index in [1.807, 2.05) is 12.1 Å². The molecule has 0 radical (unpaired) electrons. The van der Waals surface area contributed by atoms with E-state index in [1.54, 1.807) is 66.7 Å². The van der Waals surface area contributed by atoms with Gasteiger partial charge in [0.15, 0.2) is 0 Å². The Hall–Kier alpha value is -5.02. The molecule has 1 atom stereocenters. The highest BCUT2D eigenvalue weighted by Gasteiger charge is 2.24. The Bertz CT molecular complexity index is 1870. The molecule has 8 nitrogen and oxygen atoms in total. The van der Waals surface area contributed by atoms with E-state index in [-0.39, 0.29) is 29.9 Å². The molecule has 1 aromatic heterocycles. The number of rotatable bonds is 8. The highest BCUT2D eigenvalue weighted by atomic mass is 35.5. The van der Waals surface area contributed by atoms with Crippen LogP contribution < -0.4 is 21.9 Å². The number of carbonyl (C=O) groups is 2. The summed E-state index contributed by atoms with van der Waals surface area (Å²) in [4.78, 5) is 55.1. The minimum absolute atomic E-state index is 0.0263. The van der Waals surface area contributed by atoms with Gasteiger partial charge in [0.25, 0.3) is 11.5 Å². The number of nitrogens with zero attached hydrogens (tertiary/aromatic N) is 1. The van der Waals surface area contributed by atoms with E-state index in [9.17, 15) is 23.6 Å². The molecule has 0 saturated carbocycles. The van der Waals surface area contributed by atoms with Crippen LogP contribution in [0.25, 0.3) is 10.9 Å². The first-order valence-corrected chi connectivity index (χ1v) is 13.1. The maximum Gasteiger partial charge on any atom is 0.329 e. The summed E-state index contributed by atoms with van der Waals surface area (Å²) in [6.45, 7) is 0.223. The Labute approximate surface area is 238 Å². The van der Waals surface area contributed by atoms with E-state index in [0.717, 1.165) is 10.1 Å². The van der Waals surface area contributed by atoms with E-state index >= 15 is 0 Å². The molecular formula is C31H24ClFN4O4. The standard InChI is InChI=1S/C31H24ClFN4O4/c32-23-9-3-1-7-21(23)18-34-29(39)20-15-13-19(14-16-20)27(17-28(38)35-26-12-6-4-10-24(26)33)37-30(40)22-8-2-5-11-25(22)36-31(37)41/h1-16,27H,17-18H2,(H,34,39)(H,35,38)(H,36,41). The third-order valence-corrected chi connectivity index (χ3v) is 7.00. The number of aromatic nitrogens is 2. The Kier molecular flexibility index (Phi) is 8.07. The van der Waals surface area contributed by atoms with Gasteiger partial charge < -0.3 is 15.6 Å². The number of fused-ring (bicyclic) bond motifs is 1. The first-order chi connectivity index (χ1) is 19.8. The van der Waals surface area contributed by atoms with E-state index in [2.05, 4.69) is 15.6 Å². The number of nitrogens with one attached hydrogen (secondary N) is 3. The van der Waals surface area contributed by atoms with Crippen molar-refractivity contribution in [2.45, 2.75) is 19.0 Å². The van der Waals surface area contributed by atoms with Crippen molar-refractivity contribution in [3.63, 3.8) is 0 Å². The van der Waals surface area contributed by atoms with Crippen molar-refractivity contribution < 1.29 is 14.0 Å². The van der Waals surface area contributed by atoms with Gasteiger partial charge >= 0.3 is 5.69 Å². The van der Waals surface area contributed by atoms with Gasteiger partial charge in [-0.1, -0.05) is 66.2 Å². The fourth-order valence-corrected chi connectivity index (χ4v) is 4.74. The van der Waals surface area contributed by atoms with Crippen molar-refractivity contribution >= 4 is 40.0 Å². The second-order valence-electron chi connectivity index (χ2n) is 9.29. The van der Waals surface area contributed by atoms with Gasteiger partial charge in [0.05, 0.1) is 29.1 Å². The molecule has 0 saturated heterocycles. The van der Waals surface area contributed by atoms with Gasteiger partial charge in [0, 0.05) is 17.1 Å². The van der Waals surface area contributed by atoms with Gasteiger partial charge in [0.1, 0.15) is 5.82 Å². The minimum Gasteiger partial charge on any atom is -0.348 e. The van der Waals surface area contributed by atoms with Gasteiger partial charge in [0.2, 0.25) is 5.91 Å². The molecule has 0 fully saturated rings. The smallest absolute Gasteiger partial charge is 0.329 e. The van der Waals surface area contributed by atoms with E-state index in [4.69, 9.17) is 11.6 Å². The average Bonchev–Trinajstić information content (AvgIpc) is 2.97. The Morgan fingerprint density at radius 3 is 2.32 bits per heavy atom. The number of benzene rings is 4. The molecule has 1 unspecified atom stereocenters. The first-order valence-electron chi connectivity index (χ1n) is 12.7. The monoisotopic (exact) mass is 570 g/mol. The van der Waals surface area contributed by atoms with Crippen molar-refractivity contribution in [3.05, 3.63) is 145 Å². The van der Waals surface area contributed by atoms with Crippen molar-refractivity contribution in [1.29, 1.82) is 0 Å². The molecule has 10 heteroatoms. The number of halogens is 2. The van der Waals surface area contributed by atoms with Gasteiger partial charge in [-0.05, 0) is 53.6 Å². The number of para-hydroxylation sites is 2. The summed E-state index contributed by atoms with van der Waals surface area (Å²) in [5.74, 6) is -1.59. The molecule has 0 aliphatic heterocycles. The number of anilines is 1. The predicted molar refractivity (Wildman–Crippen MR) is 156 cm³/mol. The number of H-pyrrole nitrogens is 1. The maximum absolute atomic E-state index is 14.2. The average molecular weight is 571 g/mol. The van der Waals surface area contributed by atoms with Crippen LogP contribution in [0.1, 0.15) is 33.9 Å². The minimum atomic E-state index is -1.05. The Morgan fingerprint density at radius 1 is 0.878 bits per heavy atom. The van der Waals surface area contributed by atoms with Crippen molar-refractivity contribution in [1.82, 2.24) is 14.9 Å². The zero-order valence-electron chi connectivity index (χ0n) is 21.6. The second kappa shape index (κ2) is 12.0. The summed E-state index contributed by atoms with van der Waals surface area (Å²) in [5, 5.41) is 6.11. The molecule has 3 N–H and O–H groups in total. The third kappa shape index (κ3) is 6.10. The predicted octanol–water partition coefficient (Wildman–Crippen LogP) is 5.03. The van der Waals surface area contributed by atoms with Crippen molar-refractivity contribution in [2.75, 3.05) is 5.32 Å². The van der Waals surface area contributed by atoms with Gasteiger partial charge in [-0.3, -0.25) is 19.0 Å². The second-order valence-corrected chi connectivity index (χ2v) is 9.70. The molecule has 41 heavy (non-hydrogen) atoms. The Morgan fingerprint density at radius 2 is 1.56 bits per heavy atom. The van der Waals surface area contributed by atoms with Crippen LogP contribution in [-0.4, -0.2) is 21.4 Å². The number of aromatic amines is 1. The van der Waals surface area contributed by atoms with E-state index in [1.165, 1.54) is 18.2 Å². The zero-order valence-corrected chi connectivity index (χ0v) is 22.3. The summed E-state index contributed by atoms with van der Waals surface area (Å²) >= 11 is 6.17. The van der Waals surface area contributed by atoms with Crippen LogP contribution in [0.3, 0.4) is 0 Å². The van der Waals surface area contributed by atoms with Gasteiger partial charge in [-0.2, -0.15) is 0 Å². The molecule has 0 bridgehead atoms. The first kappa shape index (κ1) is 27.5. The summed E-state index contributed by atoms with van der Waals surface area (Å²) in [6, 6.07) is 24.6. The van der Waals surface area contributed by atoms with Crippen LogP contribution in [0.4, 0.5) is 10.1 Å². The molecule has 0 aliphatic carbocycles. The summed E-state index contributed by atoms with van der Waals surface area (Å²) in [7, 11) is 0. The number of amides is 2. The van der Waals surface area contributed by atoms with Crippen molar-refractivity contribution in [3.8, 4) is 0 Å². The number of hydrogen-bond donors (Lipinski definition) is 3. The molecule has 4 aromatic carbocycles. The molecular weight excluding hydrogens is 547 g/mol. The molecule has 0 aliphatic rings. The summed E-state index contributed by atoms with van der Waals surface area (Å²) in [6.07, 6.45) is -0.353. The van der Waals surface area contributed by atoms with E-state index in [0.29, 0.717) is 21.7 Å². The van der Waals surface area contributed by atoms with Crippen LogP contribution in [-0.2, 0) is 11.3 Å². The zero-order chi connectivity index (χ0) is 28.9. The van der Waals surface area contributed by atoms with E-state index < -0.39 is 29.0 Å². The van der Waals surface area contributed by atoms with Crippen LogP contribution in [0, 0.1) is 5.82 Å². The Balaban J connectivity index is 1.46. The highest BCUT2D eigenvalue weighted by Crippen LogP contribution is 2.23. The number of hydrogen-bond acceptors (Lipinski definition) is 4. The maximum atomic E-state index is 14.2. The summed E-state index contributed by atoms with van der Waals surface area (Å²) in [5.41, 5.74) is 0.554. The quantitative estimate of drug-likeness (QED) is 0.243. The molecule has 206 valence electrons. The lowest BCUT2D eigenvalue weighted by Gasteiger charge is -2.20. The number of carbonyl (C=O) groups excluding carboxylic acids is 2. The van der Waals surface area contributed by atoms with Gasteiger partial charge in [-0.15, -0.1) is 0 Å². The van der Waals surface area contributed by atoms with Crippen LogP contribution in [0.5, 0.6) is 0 Å². The molecule has 0 spiro atoms. The molecule has 5 rings (SSSR count). The van der Waals surface area contributed by atoms with Gasteiger partial charge in [-0.25, -0.2) is 9.18 Å². The van der Waals surface area contributed by atoms with Crippen LogP contribution in [0.15, 0.2) is 107 Å². The SMILES string of the molecule is O=C(CC(c1ccc(C(=O)NCc2ccccc2Cl)cc1)n1c(=O)[nH]c2ccccc2c1=O)Nc1ccccc1F. The fourth-order valence-electron chi connectivity index (χ4n) is 4.53.